The number of nitrogens with zero attached hydrogens (tertiary/aromatic N) is 1. The van der Waals surface area contributed by atoms with Gasteiger partial charge in [0, 0.05) is 32.9 Å². The van der Waals surface area contributed by atoms with E-state index in [2.05, 4.69) is 31.0 Å². The number of hydrogen-bond acceptors (Lipinski definition) is 3. The summed E-state index contributed by atoms with van der Waals surface area (Å²) in [6.45, 7) is 4.30. The summed E-state index contributed by atoms with van der Waals surface area (Å²) in [4.78, 5) is 2.20. The van der Waals surface area contributed by atoms with E-state index in [0.29, 0.717) is 6.54 Å². The highest BCUT2D eigenvalue weighted by Gasteiger charge is 2.08. The van der Waals surface area contributed by atoms with Gasteiger partial charge in [0.15, 0.2) is 0 Å². The van der Waals surface area contributed by atoms with Crippen LogP contribution in [0.25, 0.3) is 0 Å². The maximum absolute atomic E-state index is 5.73. The Labute approximate surface area is 91.8 Å². The molecule has 1 aromatic rings. The third-order valence-electron chi connectivity index (χ3n) is 2.55. The quantitative estimate of drug-likeness (QED) is 0.797. The number of benzene rings is 1. The summed E-state index contributed by atoms with van der Waals surface area (Å²) in [5.41, 5.74) is 9.41. The molecule has 2 N–H and O–H groups in total. The van der Waals surface area contributed by atoms with E-state index in [9.17, 15) is 0 Å². The highest BCUT2D eigenvalue weighted by Crippen LogP contribution is 2.23. The second-order valence-corrected chi connectivity index (χ2v) is 3.70. The van der Waals surface area contributed by atoms with E-state index in [0.717, 1.165) is 13.2 Å². The molecule has 0 bridgehead atoms. The van der Waals surface area contributed by atoms with Gasteiger partial charge >= 0.3 is 0 Å². The molecule has 0 atom stereocenters. The molecule has 0 aromatic heterocycles. The molecule has 0 fully saturated rings. The van der Waals surface area contributed by atoms with Crippen LogP contribution in [0, 0.1) is 6.92 Å². The van der Waals surface area contributed by atoms with Gasteiger partial charge in [0.05, 0.1) is 6.61 Å². The maximum atomic E-state index is 5.73. The van der Waals surface area contributed by atoms with Gasteiger partial charge < -0.3 is 15.4 Å². The molecule has 0 aliphatic carbocycles. The largest absolute Gasteiger partial charge is 0.383 e. The predicted molar refractivity (Wildman–Crippen MR) is 64.2 cm³/mol. The van der Waals surface area contributed by atoms with Crippen molar-refractivity contribution in [1.82, 2.24) is 0 Å². The van der Waals surface area contributed by atoms with E-state index in [-0.39, 0.29) is 0 Å². The summed E-state index contributed by atoms with van der Waals surface area (Å²) in [6.07, 6.45) is 0. The molecular formula is C12H20N2O. The van der Waals surface area contributed by atoms with Gasteiger partial charge in [-0.25, -0.2) is 0 Å². The van der Waals surface area contributed by atoms with Gasteiger partial charge in [-0.3, -0.25) is 0 Å². The summed E-state index contributed by atoms with van der Waals surface area (Å²) in [5.74, 6) is 0. The fourth-order valence-corrected chi connectivity index (χ4v) is 1.77. The van der Waals surface area contributed by atoms with Crippen molar-refractivity contribution >= 4 is 5.69 Å². The molecule has 84 valence electrons. The van der Waals surface area contributed by atoms with Gasteiger partial charge in [-0.15, -0.1) is 0 Å². The molecule has 3 nitrogen and oxygen atoms in total. The third kappa shape index (κ3) is 2.94. The minimum Gasteiger partial charge on any atom is -0.383 e. The molecule has 0 amide bonds. The number of likely N-dealkylation sites (N-methyl/N-ethyl adjacent to an activating group) is 1. The summed E-state index contributed by atoms with van der Waals surface area (Å²) in [6, 6.07) is 6.23. The SMILES string of the molecule is COCCN(C)c1c(C)cccc1CN. The fourth-order valence-electron chi connectivity index (χ4n) is 1.77. The second-order valence-electron chi connectivity index (χ2n) is 3.70. The molecular weight excluding hydrogens is 188 g/mol. The minimum absolute atomic E-state index is 0.578. The summed E-state index contributed by atoms with van der Waals surface area (Å²) in [5, 5.41) is 0. The Hall–Kier alpha value is -1.06. The Morgan fingerprint density at radius 3 is 2.73 bits per heavy atom. The molecule has 0 radical (unpaired) electrons. The normalized spacial score (nSPS) is 10.4. The van der Waals surface area contributed by atoms with Crippen molar-refractivity contribution < 1.29 is 4.74 Å². The summed E-state index contributed by atoms with van der Waals surface area (Å²) >= 11 is 0. The highest BCUT2D eigenvalue weighted by molar-refractivity contribution is 5.58. The van der Waals surface area contributed by atoms with Crippen LogP contribution in [0.3, 0.4) is 0 Å². The number of para-hydroxylation sites is 1. The lowest BCUT2D eigenvalue weighted by molar-refractivity contribution is 0.206. The van der Waals surface area contributed by atoms with E-state index in [4.69, 9.17) is 10.5 Å². The van der Waals surface area contributed by atoms with Gasteiger partial charge in [0.2, 0.25) is 0 Å². The van der Waals surface area contributed by atoms with Crippen LogP contribution in [0.4, 0.5) is 5.69 Å². The van der Waals surface area contributed by atoms with Crippen molar-refractivity contribution in [3.05, 3.63) is 29.3 Å². The zero-order chi connectivity index (χ0) is 11.3. The van der Waals surface area contributed by atoms with Crippen LogP contribution >= 0.6 is 0 Å². The molecule has 0 heterocycles. The maximum Gasteiger partial charge on any atom is 0.0637 e. The lowest BCUT2D eigenvalue weighted by Crippen LogP contribution is -2.24. The van der Waals surface area contributed by atoms with Crippen LogP contribution < -0.4 is 10.6 Å². The van der Waals surface area contributed by atoms with Gasteiger partial charge in [-0.1, -0.05) is 18.2 Å². The molecule has 0 aliphatic heterocycles. The van der Waals surface area contributed by atoms with Gasteiger partial charge in [0.1, 0.15) is 0 Å². The first-order chi connectivity index (χ1) is 7.20. The number of rotatable bonds is 5. The molecule has 0 saturated carbocycles. The van der Waals surface area contributed by atoms with Crippen molar-refractivity contribution in [2.45, 2.75) is 13.5 Å². The first-order valence-electron chi connectivity index (χ1n) is 5.19. The highest BCUT2D eigenvalue weighted by atomic mass is 16.5. The third-order valence-corrected chi connectivity index (χ3v) is 2.55. The standard InChI is InChI=1S/C12H20N2O/c1-10-5-4-6-11(9-13)12(10)14(2)7-8-15-3/h4-6H,7-9,13H2,1-3H3. The number of nitrogens with two attached hydrogens (primary N) is 1. The number of aryl methyl sites for hydroxylation is 1. The molecule has 3 heteroatoms. The van der Waals surface area contributed by atoms with E-state index >= 15 is 0 Å². The van der Waals surface area contributed by atoms with Crippen molar-refractivity contribution in [2.75, 3.05) is 32.2 Å². The van der Waals surface area contributed by atoms with Crippen LogP contribution in [0.2, 0.25) is 0 Å². The van der Waals surface area contributed by atoms with E-state index in [1.807, 2.05) is 6.07 Å². The van der Waals surface area contributed by atoms with Crippen LogP contribution in [0.1, 0.15) is 11.1 Å². The van der Waals surface area contributed by atoms with Crippen molar-refractivity contribution in [3.63, 3.8) is 0 Å². The van der Waals surface area contributed by atoms with E-state index in [1.165, 1.54) is 16.8 Å². The molecule has 1 aromatic carbocycles. The Morgan fingerprint density at radius 2 is 2.13 bits per heavy atom. The van der Waals surface area contributed by atoms with Gasteiger partial charge in [-0.2, -0.15) is 0 Å². The van der Waals surface area contributed by atoms with Gasteiger partial charge in [-0.05, 0) is 18.1 Å². The van der Waals surface area contributed by atoms with Crippen LogP contribution in [0.5, 0.6) is 0 Å². The van der Waals surface area contributed by atoms with Crippen molar-refractivity contribution in [3.8, 4) is 0 Å². The molecule has 0 spiro atoms. The summed E-state index contributed by atoms with van der Waals surface area (Å²) in [7, 11) is 3.79. The monoisotopic (exact) mass is 208 g/mol. The second kappa shape index (κ2) is 5.73. The van der Waals surface area contributed by atoms with Gasteiger partial charge in [0.25, 0.3) is 0 Å². The first-order valence-corrected chi connectivity index (χ1v) is 5.19. The molecule has 1 rings (SSSR count). The zero-order valence-corrected chi connectivity index (χ0v) is 9.79. The lowest BCUT2D eigenvalue weighted by Gasteiger charge is -2.23. The molecule has 15 heavy (non-hydrogen) atoms. The average Bonchev–Trinajstić information content (AvgIpc) is 2.25. The fraction of sp³-hybridized carbons (Fsp3) is 0.500. The first kappa shape index (κ1) is 12.0. The van der Waals surface area contributed by atoms with E-state index in [1.54, 1.807) is 7.11 Å². The summed E-state index contributed by atoms with van der Waals surface area (Å²) < 4.78 is 5.07. The Kier molecular flexibility index (Phi) is 4.59. The smallest absolute Gasteiger partial charge is 0.0637 e. The van der Waals surface area contributed by atoms with E-state index < -0.39 is 0 Å². The van der Waals surface area contributed by atoms with Crippen molar-refractivity contribution in [2.24, 2.45) is 5.73 Å². The number of methoxy groups -OCH3 is 1. The zero-order valence-electron chi connectivity index (χ0n) is 9.79. The molecule has 0 unspecified atom stereocenters. The predicted octanol–water partition coefficient (Wildman–Crippen LogP) is 1.54. The topological polar surface area (TPSA) is 38.5 Å². The molecule has 0 aliphatic rings. The average molecular weight is 208 g/mol. The van der Waals surface area contributed by atoms with Crippen LogP contribution in [0.15, 0.2) is 18.2 Å². The number of hydrogen-bond donors (Lipinski definition) is 1. The number of anilines is 1. The van der Waals surface area contributed by atoms with Crippen LogP contribution in [-0.2, 0) is 11.3 Å². The van der Waals surface area contributed by atoms with Crippen molar-refractivity contribution in [1.29, 1.82) is 0 Å². The molecule has 0 saturated heterocycles. The number of ether oxygens (including phenoxy) is 1. The van der Waals surface area contributed by atoms with Crippen LogP contribution in [-0.4, -0.2) is 27.3 Å². The Bertz CT molecular complexity index is 312. The Morgan fingerprint density at radius 1 is 1.40 bits per heavy atom. The lowest BCUT2D eigenvalue weighted by atomic mass is 10.1. The minimum atomic E-state index is 0.578. The Balaban J connectivity index is 2.90.